The van der Waals surface area contributed by atoms with Gasteiger partial charge in [0.1, 0.15) is 12.7 Å². The van der Waals surface area contributed by atoms with Crippen LogP contribution in [0.1, 0.15) is 20.3 Å². The van der Waals surface area contributed by atoms with E-state index in [0.29, 0.717) is 5.92 Å². The third-order valence-electron chi connectivity index (χ3n) is 2.05. The Hall–Kier alpha value is -0.900. The summed E-state index contributed by atoms with van der Waals surface area (Å²) in [5, 5.41) is 10.9. The molecule has 0 saturated carbocycles. The molecule has 1 atom stereocenters. The topological polar surface area (TPSA) is 42.7 Å². The molecule has 1 aromatic heterocycles. The summed E-state index contributed by atoms with van der Waals surface area (Å²) in [4.78, 5) is 0. The normalized spacial score (nSPS) is 13.1. The first-order valence-electron chi connectivity index (χ1n) is 4.86. The molecule has 74 valence electrons. The number of hydrogen-bond acceptors (Lipinski definition) is 3. The SMILES string of the molecule is CCNCCC(C)Cn1cnnc1. The van der Waals surface area contributed by atoms with Gasteiger partial charge in [0.15, 0.2) is 0 Å². The highest BCUT2D eigenvalue weighted by molar-refractivity contribution is 4.64. The molecule has 0 aromatic carbocycles. The van der Waals surface area contributed by atoms with Crippen molar-refractivity contribution in [2.45, 2.75) is 26.8 Å². The minimum Gasteiger partial charge on any atom is -0.320 e. The fraction of sp³-hybridized carbons (Fsp3) is 0.778. The fourth-order valence-electron chi connectivity index (χ4n) is 1.29. The Morgan fingerprint density at radius 1 is 1.38 bits per heavy atom. The van der Waals surface area contributed by atoms with E-state index >= 15 is 0 Å². The number of nitrogens with zero attached hydrogens (tertiary/aromatic N) is 3. The molecule has 0 spiro atoms. The minimum atomic E-state index is 0.676. The van der Waals surface area contributed by atoms with Gasteiger partial charge >= 0.3 is 0 Å². The summed E-state index contributed by atoms with van der Waals surface area (Å²) in [6, 6.07) is 0. The Morgan fingerprint density at radius 2 is 2.08 bits per heavy atom. The molecule has 0 fully saturated rings. The lowest BCUT2D eigenvalue weighted by molar-refractivity contribution is 0.437. The number of nitrogens with one attached hydrogen (secondary N) is 1. The zero-order valence-corrected chi connectivity index (χ0v) is 8.40. The molecule has 0 amide bonds. The Labute approximate surface area is 79.4 Å². The largest absolute Gasteiger partial charge is 0.320 e. The highest BCUT2D eigenvalue weighted by atomic mass is 15.2. The standard InChI is InChI=1S/C9H18N4/c1-3-10-5-4-9(2)6-13-7-11-12-8-13/h7-10H,3-6H2,1-2H3. The summed E-state index contributed by atoms with van der Waals surface area (Å²) >= 11 is 0. The summed E-state index contributed by atoms with van der Waals surface area (Å²) in [6.45, 7) is 7.54. The van der Waals surface area contributed by atoms with Gasteiger partial charge in [-0.1, -0.05) is 13.8 Å². The molecular formula is C9H18N4. The van der Waals surface area contributed by atoms with Crippen molar-refractivity contribution < 1.29 is 0 Å². The Kier molecular flexibility index (Phi) is 4.46. The van der Waals surface area contributed by atoms with Crippen molar-refractivity contribution in [2.24, 2.45) is 5.92 Å². The first-order valence-corrected chi connectivity index (χ1v) is 4.86. The molecule has 1 unspecified atom stereocenters. The molecule has 0 aliphatic carbocycles. The second-order valence-corrected chi connectivity index (χ2v) is 3.41. The molecule has 1 aromatic rings. The minimum absolute atomic E-state index is 0.676. The maximum Gasteiger partial charge on any atom is 0.119 e. The first kappa shape index (κ1) is 10.2. The maximum absolute atomic E-state index is 3.77. The average Bonchev–Trinajstić information content (AvgIpc) is 2.57. The van der Waals surface area contributed by atoms with Gasteiger partial charge in [-0.25, -0.2) is 0 Å². The van der Waals surface area contributed by atoms with E-state index in [9.17, 15) is 0 Å². The van der Waals surface area contributed by atoms with Gasteiger partial charge in [0.25, 0.3) is 0 Å². The van der Waals surface area contributed by atoms with Gasteiger partial charge in [0.2, 0.25) is 0 Å². The van der Waals surface area contributed by atoms with Crippen molar-refractivity contribution in [3.8, 4) is 0 Å². The zero-order chi connectivity index (χ0) is 9.52. The molecule has 4 heteroatoms. The van der Waals surface area contributed by atoms with Crippen molar-refractivity contribution in [3.05, 3.63) is 12.7 Å². The molecule has 4 nitrogen and oxygen atoms in total. The Morgan fingerprint density at radius 3 is 2.69 bits per heavy atom. The summed E-state index contributed by atoms with van der Waals surface area (Å²) in [7, 11) is 0. The predicted molar refractivity (Wildman–Crippen MR) is 52.3 cm³/mol. The third-order valence-corrected chi connectivity index (χ3v) is 2.05. The van der Waals surface area contributed by atoms with Crippen LogP contribution in [0.3, 0.4) is 0 Å². The van der Waals surface area contributed by atoms with Crippen LogP contribution in [-0.4, -0.2) is 27.9 Å². The molecule has 1 heterocycles. The van der Waals surface area contributed by atoms with Crippen molar-refractivity contribution in [1.29, 1.82) is 0 Å². The van der Waals surface area contributed by atoms with E-state index in [-0.39, 0.29) is 0 Å². The molecule has 1 rings (SSSR count). The van der Waals surface area contributed by atoms with Crippen LogP contribution in [0.25, 0.3) is 0 Å². The highest BCUT2D eigenvalue weighted by Gasteiger charge is 2.01. The van der Waals surface area contributed by atoms with E-state index in [1.54, 1.807) is 12.7 Å². The van der Waals surface area contributed by atoms with Crippen molar-refractivity contribution >= 4 is 0 Å². The Balaban J connectivity index is 2.14. The smallest absolute Gasteiger partial charge is 0.119 e. The van der Waals surface area contributed by atoms with Gasteiger partial charge in [-0.05, 0) is 25.4 Å². The van der Waals surface area contributed by atoms with Gasteiger partial charge < -0.3 is 9.88 Å². The van der Waals surface area contributed by atoms with Crippen LogP contribution in [0.5, 0.6) is 0 Å². The number of rotatable bonds is 6. The molecule has 13 heavy (non-hydrogen) atoms. The third kappa shape index (κ3) is 4.03. The molecule has 0 aliphatic rings. The monoisotopic (exact) mass is 182 g/mol. The van der Waals surface area contributed by atoms with E-state index in [2.05, 4.69) is 29.4 Å². The van der Waals surface area contributed by atoms with Gasteiger partial charge in [-0.2, -0.15) is 0 Å². The highest BCUT2D eigenvalue weighted by Crippen LogP contribution is 2.03. The van der Waals surface area contributed by atoms with E-state index < -0.39 is 0 Å². The molecule has 0 saturated heterocycles. The zero-order valence-electron chi connectivity index (χ0n) is 8.40. The quantitative estimate of drug-likeness (QED) is 0.665. The maximum atomic E-state index is 3.77. The molecule has 0 aliphatic heterocycles. The van der Waals surface area contributed by atoms with Crippen LogP contribution < -0.4 is 5.32 Å². The molecule has 0 radical (unpaired) electrons. The number of hydrogen-bond donors (Lipinski definition) is 1. The fourth-order valence-corrected chi connectivity index (χ4v) is 1.29. The molecule has 1 N–H and O–H groups in total. The first-order chi connectivity index (χ1) is 6.33. The lowest BCUT2D eigenvalue weighted by Gasteiger charge is -2.11. The van der Waals surface area contributed by atoms with E-state index in [1.807, 2.05) is 4.57 Å². The summed E-state index contributed by atoms with van der Waals surface area (Å²) in [5.41, 5.74) is 0. The van der Waals surface area contributed by atoms with Crippen LogP contribution in [0.15, 0.2) is 12.7 Å². The summed E-state index contributed by atoms with van der Waals surface area (Å²) < 4.78 is 2.02. The van der Waals surface area contributed by atoms with Gasteiger partial charge in [0, 0.05) is 6.54 Å². The van der Waals surface area contributed by atoms with Crippen LogP contribution in [0.2, 0.25) is 0 Å². The predicted octanol–water partition coefficient (Wildman–Crippen LogP) is 0.914. The molecular weight excluding hydrogens is 164 g/mol. The van der Waals surface area contributed by atoms with Crippen LogP contribution in [0, 0.1) is 5.92 Å². The van der Waals surface area contributed by atoms with E-state index in [1.165, 1.54) is 6.42 Å². The summed E-state index contributed by atoms with van der Waals surface area (Å²) in [6.07, 6.45) is 4.74. The lowest BCUT2D eigenvalue weighted by atomic mass is 10.1. The van der Waals surface area contributed by atoms with Crippen LogP contribution in [-0.2, 0) is 6.54 Å². The van der Waals surface area contributed by atoms with E-state index in [0.717, 1.165) is 19.6 Å². The van der Waals surface area contributed by atoms with Crippen molar-refractivity contribution in [2.75, 3.05) is 13.1 Å². The Bertz CT molecular complexity index is 207. The average molecular weight is 182 g/mol. The second kappa shape index (κ2) is 5.70. The van der Waals surface area contributed by atoms with Crippen LogP contribution >= 0.6 is 0 Å². The number of aromatic nitrogens is 3. The van der Waals surface area contributed by atoms with Crippen LogP contribution in [0.4, 0.5) is 0 Å². The second-order valence-electron chi connectivity index (χ2n) is 3.41. The molecule has 0 bridgehead atoms. The van der Waals surface area contributed by atoms with Crippen molar-refractivity contribution in [3.63, 3.8) is 0 Å². The van der Waals surface area contributed by atoms with Gasteiger partial charge in [-0.15, -0.1) is 10.2 Å². The van der Waals surface area contributed by atoms with E-state index in [4.69, 9.17) is 0 Å². The van der Waals surface area contributed by atoms with Crippen molar-refractivity contribution in [1.82, 2.24) is 20.1 Å². The summed E-state index contributed by atoms with van der Waals surface area (Å²) in [5.74, 6) is 0.676. The van der Waals surface area contributed by atoms with Gasteiger partial charge in [0.05, 0.1) is 0 Å². The van der Waals surface area contributed by atoms with Gasteiger partial charge in [-0.3, -0.25) is 0 Å². The lowest BCUT2D eigenvalue weighted by Crippen LogP contribution is -2.18.